The van der Waals surface area contributed by atoms with Crippen LogP contribution < -0.4 is 10.4 Å². The number of hydrogen-bond donors (Lipinski definition) is 0. The van der Waals surface area contributed by atoms with Crippen molar-refractivity contribution in [2.24, 2.45) is 0 Å². The highest BCUT2D eigenvalue weighted by atomic mass is 15.1. The van der Waals surface area contributed by atoms with Crippen molar-refractivity contribution in [3.05, 3.63) is 22.8 Å². The van der Waals surface area contributed by atoms with E-state index < -0.39 is 0 Å². The highest BCUT2D eigenvalue weighted by Gasteiger charge is 2.03. The van der Waals surface area contributed by atoms with E-state index in [1.165, 1.54) is 34.4 Å². The fraction of sp³-hybridized carbons (Fsp3) is 0.400. The van der Waals surface area contributed by atoms with Gasteiger partial charge in [0.25, 0.3) is 0 Å². The molecule has 0 spiro atoms. The maximum Gasteiger partial charge on any atom is 0.0574 e. The lowest BCUT2D eigenvalue weighted by Gasteiger charge is -2.09. The Labute approximate surface area is 71.6 Å². The van der Waals surface area contributed by atoms with Crippen molar-refractivity contribution in [3.63, 3.8) is 0 Å². The summed E-state index contributed by atoms with van der Waals surface area (Å²) in [7, 11) is 0. The number of rotatable bonds is 0. The predicted octanol–water partition coefficient (Wildman–Crippen LogP) is 0.612. The van der Waals surface area contributed by atoms with Gasteiger partial charge in [0.1, 0.15) is 0 Å². The van der Waals surface area contributed by atoms with Crippen molar-refractivity contribution in [1.82, 2.24) is 10.2 Å². The molecule has 2 heteroatoms. The van der Waals surface area contributed by atoms with Gasteiger partial charge >= 0.3 is 0 Å². The van der Waals surface area contributed by atoms with Crippen molar-refractivity contribution in [3.8, 4) is 0 Å². The molecule has 0 unspecified atom stereocenters. The molecule has 1 aromatic heterocycles. The second kappa shape index (κ2) is 2.70. The number of fused-ring (bicyclic) bond motifs is 1. The first-order valence-electron chi connectivity index (χ1n) is 4.25. The zero-order valence-corrected chi connectivity index (χ0v) is 7.46. The quantitative estimate of drug-likeness (QED) is 0.555. The van der Waals surface area contributed by atoms with Gasteiger partial charge in [-0.1, -0.05) is 11.1 Å². The molecular weight excluding hydrogens is 148 g/mol. The van der Waals surface area contributed by atoms with Crippen LogP contribution in [-0.4, -0.2) is 10.2 Å². The summed E-state index contributed by atoms with van der Waals surface area (Å²) in [6.07, 6.45) is 6.08. The van der Waals surface area contributed by atoms with E-state index in [9.17, 15) is 0 Å². The Morgan fingerprint density at radius 2 is 1.33 bits per heavy atom. The van der Waals surface area contributed by atoms with Crippen molar-refractivity contribution in [1.29, 1.82) is 0 Å². The van der Waals surface area contributed by atoms with Crippen LogP contribution in [0.15, 0.2) is 12.4 Å². The van der Waals surface area contributed by atoms with Crippen LogP contribution in [0.5, 0.6) is 0 Å². The van der Waals surface area contributed by atoms with Crippen LogP contribution in [0, 0.1) is 0 Å². The first-order chi connectivity index (χ1) is 5.79. The van der Waals surface area contributed by atoms with Crippen molar-refractivity contribution >= 4 is 11.1 Å². The molecule has 0 N–H and O–H groups in total. The highest BCUT2D eigenvalue weighted by Crippen LogP contribution is 2.11. The second-order valence-electron chi connectivity index (χ2n) is 3.38. The monoisotopic (exact) mass is 160 g/mol. The summed E-state index contributed by atoms with van der Waals surface area (Å²) in [5.74, 6) is 0. The van der Waals surface area contributed by atoms with E-state index in [0.29, 0.717) is 0 Å². The van der Waals surface area contributed by atoms with Gasteiger partial charge in [0.15, 0.2) is 0 Å². The molecular formula is C10H12N2. The van der Waals surface area contributed by atoms with Gasteiger partial charge < -0.3 is 0 Å². The van der Waals surface area contributed by atoms with Crippen LogP contribution in [0.1, 0.15) is 26.7 Å². The van der Waals surface area contributed by atoms with Crippen molar-refractivity contribution in [2.45, 2.75) is 26.7 Å². The zero-order valence-electron chi connectivity index (χ0n) is 7.46. The minimum Gasteiger partial charge on any atom is -0.158 e. The van der Waals surface area contributed by atoms with Crippen LogP contribution >= 0.6 is 0 Å². The standard InChI is InChI=1S/C10H12N2/c1-7-3-4-8(2)10-6-12-11-5-9(7)10/h5-6H,3-4H2,1-2H3. The van der Waals surface area contributed by atoms with E-state index in [0.717, 1.165) is 0 Å². The highest BCUT2D eigenvalue weighted by molar-refractivity contribution is 5.54. The molecule has 0 bridgehead atoms. The Bertz CT molecular complexity index is 377. The van der Waals surface area contributed by atoms with Gasteiger partial charge in [0.2, 0.25) is 0 Å². The predicted molar refractivity (Wildman–Crippen MR) is 48.7 cm³/mol. The minimum absolute atomic E-state index is 1.17. The first-order valence-corrected chi connectivity index (χ1v) is 4.25. The summed E-state index contributed by atoms with van der Waals surface area (Å²) in [5, 5.41) is 10.4. The first kappa shape index (κ1) is 7.47. The van der Waals surface area contributed by atoms with Gasteiger partial charge in [-0.25, -0.2) is 0 Å². The molecule has 1 heterocycles. The van der Waals surface area contributed by atoms with Crippen LogP contribution in [0.3, 0.4) is 0 Å². The summed E-state index contributed by atoms with van der Waals surface area (Å²) in [4.78, 5) is 0. The second-order valence-corrected chi connectivity index (χ2v) is 3.38. The Kier molecular flexibility index (Phi) is 1.68. The molecule has 0 aromatic carbocycles. The SMILES string of the molecule is CC1=c2cnncc2=C(C)CC1. The molecule has 0 amide bonds. The Hall–Kier alpha value is -1.18. The van der Waals surface area contributed by atoms with Gasteiger partial charge in [-0.3, -0.25) is 0 Å². The van der Waals surface area contributed by atoms with Gasteiger partial charge in [-0.05, 0) is 26.7 Å². The largest absolute Gasteiger partial charge is 0.158 e. The van der Waals surface area contributed by atoms with Gasteiger partial charge in [0, 0.05) is 10.4 Å². The number of aromatic nitrogens is 2. The lowest BCUT2D eigenvalue weighted by atomic mass is 9.97. The summed E-state index contributed by atoms with van der Waals surface area (Å²) < 4.78 is 0. The van der Waals surface area contributed by atoms with Crippen molar-refractivity contribution in [2.75, 3.05) is 0 Å². The molecule has 2 nitrogen and oxygen atoms in total. The summed E-state index contributed by atoms with van der Waals surface area (Å²) in [6, 6.07) is 0. The van der Waals surface area contributed by atoms with Crippen molar-refractivity contribution < 1.29 is 0 Å². The Morgan fingerprint density at radius 3 is 1.75 bits per heavy atom. The van der Waals surface area contributed by atoms with Gasteiger partial charge in [-0.2, -0.15) is 10.2 Å². The summed E-state index contributed by atoms with van der Waals surface area (Å²) >= 11 is 0. The smallest absolute Gasteiger partial charge is 0.0574 e. The van der Waals surface area contributed by atoms with E-state index >= 15 is 0 Å². The van der Waals surface area contributed by atoms with Gasteiger partial charge in [0.05, 0.1) is 12.4 Å². The number of nitrogens with zero attached hydrogens (tertiary/aromatic N) is 2. The summed E-state index contributed by atoms with van der Waals surface area (Å²) in [5.41, 5.74) is 2.87. The average molecular weight is 160 g/mol. The fourth-order valence-corrected chi connectivity index (χ4v) is 1.65. The van der Waals surface area contributed by atoms with Crippen LogP contribution in [-0.2, 0) is 0 Å². The third-order valence-electron chi connectivity index (χ3n) is 2.53. The normalized spacial score (nSPS) is 16.2. The Balaban J connectivity index is 2.95. The Morgan fingerprint density at radius 1 is 0.917 bits per heavy atom. The molecule has 62 valence electrons. The third kappa shape index (κ3) is 1.04. The number of hydrogen-bond acceptors (Lipinski definition) is 2. The minimum atomic E-state index is 1.17. The molecule has 0 fully saturated rings. The van der Waals surface area contributed by atoms with E-state index in [1.54, 1.807) is 0 Å². The van der Waals surface area contributed by atoms with Crippen LogP contribution in [0.25, 0.3) is 11.1 Å². The summed E-state index contributed by atoms with van der Waals surface area (Å²) in [6.45, 7) is 4.35. The zero-order chi connectivity index (χ0) is 8.55. The maximum atomic E-state index is 3.90. The lowest BCUT2D eigenvalue weighted by molar-refractivity contribution is 0.957. The molecule has 0 radical (unpaired) electrons. The molecule has 1 aromatic rings. The fourth-order valence-electron chi connectivity index (χ4n) is 1.65. The average Bonchev–Trinajstić information content (AvgIpc) is 2.12. The molecule has 2 rings (SSSR count). The molecule has 1 aliphatic carbocycles. The molecule has 0 saturated heterocycles. The topological polar surface area (TPSA) is 25.8 Å². The van der Waals surface area contributed by atoms with Gasteiger partial charge in [-0.15, -0.1) is 0 Å². The molecule has 12 heavy (non-hydrogen) atoms. The van der Waals surface area contributed by atoms with E-state index in [-0.39, 0.29) is 0 Å². The lowest BCUT2D eigenvalue weighted by Crippen LogP contribution is -2.32. The van der Waals surface area contributed by atoms with E-state index in [4.69, 9.17) is 0 Å². The van der Waals surface area contributed by atoms with Crippen LogP contribution in [0.4, 0.5) is 0 Å². The molecule has 0 saturated carbocycles. The maximum absolute atomic E-state index is 3.90. The van der Waals surface area contributed by atoms with E-state index in [1.807, 2.05) is 12.4 Å². The third-order valence-corrected chi connectivity index (χ3v) is 2.53. The molecule has 0 atom stereocenters. The molecule has 0 aliphatic heterocycles. The van der Waals surface area contributed by atoms with Crippen LogP contribution in [0.2, 0.25) is 0 Å². The molecule has 1 aliphatic rings. The van der Waals surface area contributed by atoms with E-state index in [2.05, 4.69) is 24.0 Å².